The molecule has 0 aliphatic carbocycles. The largest absolute Gasteiger partial charge is 0.332 e. The maximum atomic E-state index is 8.70. The summed E-state index contributed by atoms with van der Waals surface area (Å²) in [6.45, 7) is 2.13. The molecule has 0 saturated carbocycles. The minimum Gasteiger partial charge on any atom is -0.332 e. The van der Waals surface area contributed by atoms with E-state index < -0.39 is 0 Å². The predicted octanol–water partition coefficient (Wildman–Crippen LogP) is 2.88. The molecule has 0 unspecified atom stereocenters. The van der Waals surface area contributed by atoms with E-state index in [0.29, 0.717) is 0 Å². The lowest BCUT2D eigenvalue weighted by Crippen LogP contribution is -1.77. The van der Waals surface area contributed by atoms with Crippen LogP contribution in [0, 0.1) is 0 Å². The average molecular weight is 233 g/mol. The van der Waals surface area contributed by atoms with Crippen LogP contribution in [0.5, 0.6) is 0 Å². The molecule has 0 fully saturated rings. The molecule has 0 rings (SSSR count). The molecule has 0 spiro atoms. The summed E-state index contributed by atoms with van der Waals surface area (Å²) in [5.41, 5.74) is 0. The van der Waals surface area contributed by atoms with Gasteiger partial charge >= 0.3 is 0 Å². The minimum absolute atomic E-state index is 0.345. The third-order valence-corrected chi connectivity index (χ3v) is 2.61. The molecule has 1 N–H and O–H groups in total. The molecule has 0 aromatic heterocycles. The summed E-state index contributed by atoms with van der Waals surface area (Å²) in [6.07, 6.45) is 2.34. The van der Waals surface area contributed by atoms with Gasteiger partial charge < -0.3 is 4.55 Å². The van der Waals surface area contributed by atoms with E-state index in [2.05, 4.69) is 6.92 Å². The van der Waals surface area contributed by atoms with Gasteiger partial charge in [0.05, 0.1) is 0 Å². The number of halogens is 1. The molecule has 0 saturated heterocycles. The monoisotopic (exact) mass is 233 g/mol. The number of unbranched alkanes of at least 4 members (excludes halogenated alkanes) is 1. The van der Waals surface area contributed by atoms with E-state index in [1.807, 2.05) is 21.2 Å². The first kappa shape index (κ1) is 8.04. The van der Waals surface area contributed by atoms with Gasteiger partial charge in [-0.05, 0) is 14.8 Å². The zero-order chi connectivity index (χ0) is 5.70. The third-order valence-electron chi connectivity index (χ3n) is 0.666. The number of rotatable bonds is 3. The Morgan fingerprint density at radius 1 is 1.71 bits per heavy atom. The summed E-state index contributed by atoms with van der Waals surface area (Å²) >= 11 is 2.05. The second-order valence-corrected chi connectivity index (χ2v) is 5.44. The number of hydrogen-bond donors (Lipinski definition) is 1. The Hall–Kier alpha value is 1.04. The molecule has 3 heteroatoms. The SMILES string of the molecule is CCCC[S](O)I. The highest BCUT2D eigenvalue weighted by Crippen LogP contribution is 2.29. The summed E-state index contributed by atoms with van der Waals surface area (Å²) in [7, 11) is -0.345. The lowest BCUT2D eigenvalue weighted by atomic mass is 10.4. The highest BCUT2D eigenvalue weighted by molar-refractivity contribution is 14.2. The van der Waals surface area contributed by atoms with Crippen LogP contribution in [0.2, 0.25) is 0 Å². The van der Waals surface area contributed by atoms with Crippen molar-refractivity contribution in [1.29, 1.82) is 0 Å². The van der Waals surface area contributed by atoms with Crippen molar-refractivity contribution < 1.29 is 4.55 Å². The Bertz CT molecular complexity index is 40.7. The fourth-order valence-electron chi connectivity index (χ4n) is 0.263. The molecular weight excluding hydrogens is 223 g/mol. The Balaban J connectivity index is 2.68. The van der Waals surface area contributed by atoms with E-state index in [9.17, 15) is 0 Å². The Kier molecular flexibility index (Phi) is 5.95. The summed E-state index contributed by atoms with van der Waals surface area (Å²) < 4.78 is 8.70. The maximum Gasteiger partial charge on any atom is 0.0179 e. The van der Waals surface area contributed by atoms with Crippen molar-refractivity contribution in [3.05, 3.63) is 0 Å². The molecule has 0 atom stereocenters. The van der Waals surface area contributed by atoms with Gasteiger partial charge in [-0.2, -0.15) is 0 Å². The summed E-state index contributed by atoms with van der Waals surface area (Å²) in [5.74, 6) is 0.969. The van der Waals surface area contributed by atoms with Crippen LogP contribution in [-0.4, -0.2) is 10.3 Å². The third kappa shape index (κ3) is 7.04. The summed E-state index contributed by atoms with van der Waals surface area (Å²) in [6, 6.07) is 0. The van der Waals surface area contributed by atoms with Crippen molar-refractivity contribution in [1.82, 2.24) is 0 Å². The quantitative estimate of drug-likeness (QED) is 0.743. The van der Waals surface area contributed by atoms with Gasteiger partial charge in [-0.25, -0.2) is 0 Å². The average Bonchev–Trinajstić information content (AvgIpc) is 1.61. The standard InChI is InChI=1S/C4H10IOS/c1-2-3-4-7(5)6/h6H,2-4H2,1H3. The first-order valence-corrected chi connectivity index (χ1v) is 6.23. The van der Waals surface area contributed by atoms with Crippen molar-refractivity contribution in [3.63, 3.8) is 0 Å². The molecule has 1 nitrogen and oxygen atoms in total. The molecule has 0 heterocycles. The molecule has 0 aliphatic heterocycles. The maximum absolute atomic E-state index is 8.70. The highest BCUT2D eigenvalue weighted by atomic mass is 127. The fourth-order valence-corrected chi connectivity index (χ4v) is 1.72. The van der Waals surface area contributed by atoms with E-state index in [4.69, 9.17) is 4.55 Å². The van der Waals surface area contributed by atoms with Crippen LogP contribution in [0.1, 0.15) is 19.8 Å². The molecule has 0 aromatic rings. The molecule has 45 valence electrons. The Morgan fingerprint density at radius 2 is 2.29 bits per heavy atom. The smallest absolute Gasteiger partial charge is 0.0179 e. The Morgan fingerprint density at radius 3 is 2.43 bits per heavy atom. The van der Waals surface area contributed by atoms with Gasteiger partial charge in [0.1, 0.15) is 0 Å². The van der Waals surface area contributed by atoms with E-state index in [0.717, 1.165) is 12.2 Å². The van der Waals surface area contributed by atoms with Crippen LogP contribution in [-0.2, 0) is 0 Å². The van der Waals surface area contributed by atoms with Crippen LogP contribution < -0.4 is 0 Å². The molecule has 0 aromatic carbocycles. The van der Waals surface area contributed by atoms with Crippen molar-refractivity contribution in [2.24, 2.45) is 0 Å². The van der Waals surface area contributed by atoms with E-state index in [-0.39, 0.29) is 8.35 Å². The van der Waals surface area contributed by atoms with Gasteiger partial charge in [0.25, 0.3) is 0 Å². The molecule has 7 heavy (non-hydrogen) atoms. The molecule has 1 radical (unpaired) electrons. The van der Waals surface area contributed by atoms with Crippen LogP contribution in [0.3, 0.4) is 0 Å². The molecule has 0 bridgehead atoms. The zero-order valence-electron chi connectivity index (χ0n) is 4.35. The van der Waals surface area contributed by atoms with Gasteiger partial charge in [0.2, 0.25) is 0 Å². The molecule has 0 aliphatic rings. The van der Waals surface area contributed by atoms with Crippen molar-refractivity contribution in [3.8, 4) is 0 Å². The lowest BCUT2D eigenvalue weighted by molar-refractivity contribution is 0.657. The van der Waals surface area contributed by atoms with Gasteiger partial charge in [-0.3, -0.25) is 0 Å². The molecular formula is C4H10IOS. The predicted molar refractivity (Wildman–Crippen MR) is 44.0 cm³/mol. The van der Waals surface area contributed by atoms with Crippen LogP contribution >= 0.6 is 29.6 Å². The second kappa shape index (κ2) is 5.18. The minimum atomic E-state index is -0.345. The van der Waals surface area contributed by atoms with Gasteiger partial charge in [0.15, 0.2) is 0 Å². The zero-order valence-corrected chi connectivity index (χ0v) is 7.33. The van der Waals surface area contributed by atoms with E-state index >= 15 is 0 Å². The summed E-state index contributed by atoms with van der Waals surface area (Å²) in [5, 5.41) is 0. The van der Waals surface area contributed by atoms with E-state index in [1.54, 1.807) is 0 Å². The first-order valence-electron chi connectivity index (χ1n) is 2.33. The van der Waals surface area contributed by atoms with Crippen LogP contribution in [0.4, 0.5) is 0 Å². The van der Waals surface area contributed by atoms with Gasteiger partial charge in [-0.15, -0.1) is 0 Å². The van der Waals surface area contributed by atoms with Gasteiger partial charge in [0, 0.05) is 27.0 Å². The van der Waals surface area contributed by atoms with Crippen molar-refractivity contribution in [2.75, 3.05) is 5.75 Å². The highest BCUT2D eigenvalue weighted by Gasteiger charge is 1.90. The van der Waals surface area contributed by atoms with E-state index in [1.165, 1.54) is 6.42 Å². The van der Waals surface area contributed by atoms with Crippen molar-refractivity contribution in [2.45, 2.75) is 19.8 Å². The van der Waals surface area contributed by atoms with Crippen LogP contribution in [0.25, 0.3) is 0 Å². The van der Waals surface area contributed by atoms with Gasteiger partial charge in [-0.1, -0.05) is 13.3 Å². The normalized spacial score (nSPS) is 10.3. The molecule has 0 amide bonds. The Labute approximate surface area is 59.6 Å². The second-order valence-electron chi connectivity index (χ2n) is 1.36. The first-order chi connectivity index (χ1) is 3.27. The lowest BCUT2D eigenvalue weighted by Gasteiger charge is -1.98. The van der Waals surface area contributed by atoms with Crippen molar-refractivity contribution >= 4 is 29.6 Å². The summed E-state index contributed by atoms with van der Waals surface area (Å²) in [4.78, 5) is 0. The topological polar surface area (TPSA) is 20.2 Å². The number of hydrogen-bond acceptors (Lipinski definition) is 1. The fraction of sp³-hybridized carbons (Fsp3) is 1.00. The van der Waals surface area contributed by atoms with Crippen LogP contribution in [0.15, 0.2) is 0 Å².